The fraction of sp³-hybridized carbons (Fsp3) is 0.438. The van der Waals surface area contributed by atoms with E-state index in [0.717, 1.165) is 18.7 Å². The summed E-state index contributed by atoms with van der Waals surface area (Å²) in [5.74, 6) is -0.265. The van der Waals surface area contributed by atoms with Gasteiger partial charge in [0.2, 0.25) is 0 Å². The van der Waals surface area contributed by atoms with Crippen molar-refractivity contribution in [1.82, 2.24) is 9.80 Å². The molecule has 0 bridgehead atoms. The molecule has 0 saturated carbocycles. The Hall–Kier alpha value is -2.65. The lowest BCUT2D eigenvalue weighted by Gasteiger charge is -2.33. The normalized spacial score (nSPS) is 16.0. The molecular formula is C16H21N3O6. The van der Waals surface area contributed by atoms with Crippen LogP contribution >= 0.6 is 0 Å². The number of esters is 1. The van der Waals surface area contributed by atoms with Crippen molar-refractivity contribution in [3.05, 3.63) is 46.0 Å². The quantitative estimate of drug-likeness (QED) is 0.316. The highest BCUT2D eigenvalue weighted by molar-refractivity contribution is 5.87. The summed E-state index contributed by atoms with van der Waals surface area (Å²) in [6.45, 7) is 3.68. The number of nitrogens with zero attached hydrogens (tertiary/aromatic N) is 3. The second kappa shape index (κ2) is 9.60. The molecule has 1 heterocycles. The van der Waals surface area contributed by atoms with Gasteiger partial charge in [-0.1, -0.05) is 12.1 Å². The van der Waals surface area contributed by atoms with Gasteiger partial charge in [-0.25, -0.2) is 4.79 Å². The lowest BCUT2D eigenvalue weighted by molar-refractivity contribution is -0.757. The van der Waals surface area contributed by atoms with Crippen LogP contribution in [0.4, 0.5) is 0 Å². The molecule has 2 rings (SSSR count). The van der Waals surface area contributed by atoms with E-state index >= 15 is 0 Å². The fourth-order valence-electron chi connectivity index (χ4n) is 2.34. The molecule has 0 amide bonds. The van der Waals surface area contributed by atoms with Gasteiger partial charge in [0.15, 0.2) is 0 Å². The van der Waals surface area contributed by atoms with Gasteiger partial charge in [0.05, 0.1) is 0 Å². The summed E-state index contributed by atoms with van der Waals surface area (Å²) in [5, 5.41) is 18.5. The van der Waals surface area contributed by atoms with Crippen LogP contribution in [0.15, 0.2) is 30.3 Å². The third-order valence-corrected chi connectivity index (χ3v) is 3.76. The Balaban J connectivity index is 1.62. The van der Waals surface area contributed by atoms with Crippen molar-refractivity contribution in [2.45, 2.75) is 0 Å². The molecule has 1 aliphatic heterocycles. The van der Waals surface area contributed by atoms with Gasteiger partial charge in [-0.15, -0.1) is 10.1 Å². The number of phenols is 1. The molecule has 9 nitrogen and oxygen atoms in total. The summed E-state index contributed by atoms with van der Waals surface area (Å²) >= 11 is 0. The second-order valence-electron chi connectivity index (χ2n) is 5.53. The maximum atomic E-state index is 11.7. The number of ether oxygens (including phenoxy) is 1. The van der Waals surface area contributed by atoms with Crippen molar-refractivity contribution < 1.29 is 24.6 Å². The fourth-order valence-corrected chi connectivity index (χ4v) is 2.34. The molecule has 0 atom stereocenters. The zero-order chi connectivity index (χ0) is 18.1. The van der Waals surface area contributed by atoms with E-state index in [4.69, 9.17) is 4.74 Å². The molecule has 1 N–H and O–H groups in total. The summed E-state index contributed by atoms with van der Waals surface area (Å²) in [5.41, 5.74) is 0.792. The van der Waals surface area contributed by atoms with E-state index in [9.17, 15) is 20.0 Å². The Morgan fingerprint density at radius 2 is 1.84 bits per heavy atom. The minimum Gasteiger partial charge on any atom is -0.508 e. The van der Waals surface area contributed by atoms with E-state index in [1.54, 1.807) is 30.3 Å². The molecule has 9 heteroatoms. The molecule has 1 fully saturated rings. The number of aromatic hydroxyl groups is 1. The van der Waals surface area contributed by atoms with Crippen molar-refractivity contribution in [2.75, 3.05) is 46.1 Å². The number of carbonyl (C=O) groups excluding carboxylic acids is 1. The Bertz CT molecular complexity index is 596. The van der Waals surface area contributed by atoms with Gasteiger partial charge in [0, 0.05) is 38.8 Å². The van der Waals surface area contributed by atoms with Crippen LogP contribution in [0.5, 0.6) is 5.75 Å². The number of hydrogen-bond donors (Lipinski definition) is 1. The highest BCUT2D eigenvalue weighted by Crippen LogP contribution is 2.10. The highest BCUT2D eigenvalue weighted by atomic mass is 16.9. The smallest absolute Gasteiger partial charge is 0.332 e. The van der Waals surface area contributed by atoms with Gasteiger partial charge < -0.3 is 14.7 Å². The van der Waals surface area contributed by atoms with Crippen molar-refractivity contribution in [3.63, 3.8) is 0 Å². The summed E-state index contributed by atoms with van der Waals surface area (Å²) in [6.07, 6.45) is 2.96. The molecule has 0 radical (unpaired) electrons. The maximum absolute atomic E-state index is 11.7. The summed E-state index contributed by atoms with van der Waals surface area (Å²) in [4.78, 5) is 30.2. The Morgan fingerprint density at radius 3 is 2.48 bits per heavy atom. The molecule has 0 unspecified atom stereocenters. The van der Waals surface area contributed by atoms with E-state index in [-0.39, 0.29) is 19.1 Å². The number of carbonyl (C=O) groups is 1. The van der Waals surface area contributed by atoms with Gasteiger partial charge >= 0.3 is 5.97 Å². The van der Waals surface area contributed by atoms with Crippen LogP contribution in [-0.4, -0.2) is 72.0 Å². The van der Waals surface area contributed by atoms with E-state index in [2.05, 4.69) is 9.74 Å². The van der Waals surface area contributed by atoms with Crippen LogP contribution in [0.3, 0.4) is 0 Å². The first kappa shape index (κ1) is 18.7. The van der Waals surface area contributed by atoms with E-state index < -0.39 is 11.1 Å². The first-order valence-corrected chi connectivity index (χ1v) is 7.89. The summed E-state index contributed by atoms with van der Waals surface area (Å²) < 4.78 is 5.19. The zero-order valence-electron chi connectivity index (χ0n) is 13.7. The molecule has 0 aliphatic carbocycles. The third kappa shape index (κ3) is 7.19. The van der Waals surface area contributed by atoms with Crippen molar-refractivity contribution in [2.24, 2.45) is 0 Å². The number of benzene rings is 1. The third-order valence-electron chi connectivity index (χ3n) is 3.76. The molecule has 0 aromatic heterocycles. The number of hydrogen-bond acceptors (Lipinski definition) is 8. The largest absolute Gasteiger partial charge is 0.508 e. The van der Waals surface area contributed by atoms with Crippen LogP contribution in [0.2, 0.25) is 0 Å². The summed E-state index contributed by atoms with van der Waals surface area (Å²) in [7, 11) is 0. The number of rotatable bonds is 8. The highest BCUT2D eigenvalue weighted by Gasteiger charge is 2.17. The average Bonchev–Trinajstić information content (AvgIpc) is 2.60. The topological polar surface area (TPSA) is 105 Å². The van der Waals surface area contributed by atoms with Crippen LogP contribution in [0.1, 0.15) is 5.56 Å². The van der Waals surface area contributed by atoms with Crippen LogP contribution in [0, 0.1) is 10.1 Å². The van der Waals surface area contributed by atoms with E-state index in [1.807, 2.05) is 4.90 Å². The predicted molar refractivity (Wildman–Crippen MR) is 89.1 cm³/mol. The summed E-state index contributed by atoms with van der Waals surface area (Å²) in [6, 6.07) is 6.48. The molecule has 1 aromatic carbocycles. The monoisotopic (exact) mass is 351 g/mol. The van der Waals surface area contributed by atoms with Crippen molar-refractivity contribution in [3.8, 4) is 5.75 Å². The predicted octanol–water partition coefficient (Wildman–Crippen LogP) is 0.732. The molecule has 25 heavy (non-hydrogen) atoms. The van der Waals surface area contributed by atoms with E-state index in [1.165, 1.54) is 6.08 Å². The average molecular weight is 351 g/mol. The minimum atomic E-state index is -0.790. The first-order chi connectivity index (χ1) is 12.0. The minimum absolute atomic E-state index is 0.0596. The molecule has 1 aliphatic rings. The van der Waals surface area contributed by atoms with E-state index in [0.29, 0.717) is 19.6 Å². The molecule has 0 spiro atoms. The van der Waals surface area contributed by atoms with Crippen LogP contribution in [0.25, 0.3) is 6.08 Å². The SMILES string of the molecule is O=C(C=Cc1ccc(O)cc1)OCN1CCN(CCO[N+](=O)[O-])CC1. The van der Waals surface area contributed by atoms with Crippen LogP contribution in [-0.2, 0) is 14.4 Å². The Morgan fingerprint density at radius 1 is 1.20 bits per heavy atom. The first-order valence-electron chi connectivity index (χ1n) is 7.89. The van der Waals surface area contributed by atoms with Gasteiger partial charge in [-0.2, -0.15) is 0 Å². The van der Waals surface area contributed by atoms with Crippen molar-refractivity contribution >= 4 is 12.0 Å². The second-order valence-corrected chi connectivity index (χ2v) is 5.53. The Labute approximate surface area is 145 Å². The van der Waals surface area contributed by atoms with Crippen LogP contribution < -0.4 is 0 Å². The lowest BCUT2D eigenvalue weighted by Crippen LogP contribution is -2.48. The number of phenolic OH excluding ortho intramolecular Hbond substituents is 1. The van der Waals surface area contributed by atoms with Gasteiger partial charge in [0.1, 0.15) is 19.1 Å². The zero-order valence-corrected chi connectivity index (χ0v) is 13.7. The number of piperazine rings is 1. The van der Waals surface area contributed by atoms with Gasteiger partial charge in [0.25, 0.3) is 5.09 Å². The van der Waals surface area contributed by atoms with Gasteiger partial charge in [-0.05, 0) is 23.8 Å². The molecule has 1 saturated heterocycles. The molecule has 136 valence electrons. The Kier molecular flexibility index (Phi) is 7.17. The lowest BCUT2D eigenvalue weighted by atomic mass is 10.2. The van der Waals surface area contributed by atoms with Crippen molar-refractivity contribution in [1.29, 1.82) is 0 Å². The van der Waals surface area contributed by atoms with Gasteiger partial charge in [-0.3, -0.25) is 9.80 Å². The molecule has 1 aromatic rings. The molecular weight excluding hydrogens is 330 g/mol. The maximum Gasteiger partial charge on any atom is 0.332 e. The standard InChI is InChI=1S/C16H21N3O6/c20-15-4-1-14(2-5-15)3-6-16(21)24-13-18-9-7-17(8-10-18)11-12-25-19(22)23/h1-6,20H,7-13H2.